The van der Waals surface area contributed by atoms with Crippen molar-refractivity contribution in [1.82, 2.24) is 4.90 Å². The number of aryl methyl sites for hydroxylation is 1. The third-order valence-electron chi connectivity index (χ3n) is 6.52. The summed E-state index contributed by atoms with van der Waals surface area (Å²) in [5, 5.41) is 3.00. The summed E-state index contributed by atoms with van der Waals surface area (Å²) in [6.07, 6.45) is 8.18. The van der Waals surface area contributed by atoms with Gasteiger partial charge in [-0.2, -0.15) is 0 Å². The fourth-order valence-electron chi connectivity index (χ4n) is 4.48. The summed E-state index contributed by atoms with van der Waals surface area (Å²) in [7, 11) is 0. The zero-order chi connectivity index (χ0) is 23.6. The Balaban J connectivity index is 1.79. The van der Waals surface area contributed by atoms with E-state index in [4.69, 9.17) is 0 Å². The van der Waals surface area contributed by atoms with E-state index < -0.39 is 0 Å². The van der Waals surface area contributed by atoms with E-state index in [9.17, 15) is 9.59 Å². The van der Waals surface area contributed by atoms with Crippen LogP contribution in [0, 0.1) is 0 Å². The van der Waals surface area contributed by atoms with E-state index >= 15 is 0 Å². The maximum absolute atomic E-state index is 13.3. The molecule has 2 aromatic carbocycles. The van der Waals surface area contributed by atoms with Gasteiger partial charge in [-0.3, -0.25) is 9.59 Å². The Kier molecular flexibility index (Phi) is 9.35. The average Bonchev–Trinajstić information content (AvgIpc) is 2.85. The molecule has 178 valence electrons. The molecule has 0 saturated carbocycles. The molecule has 0 aromatic heterocycles. The molecule has 1 aliphatic heterocycles. The second-order valence-corrected chi connectivity index (χ2v) is 8.87. The van der Waals surface area contributed by atoms with Gasteiger partial charge in [0.2, 0.25) is 0 Å². The summed E-state index contributed by atoms with van der Waals surface area (Å²) in [5.74, 6) is -0.129. The molecule has 5 nitrogen and oxygen atoms in total. The third kappa shape index (κ3) is 6.59. The van der Waals surface area contributed by atoms with Crippen LogP contribution >= 0.6 is 0 Å². The van der Waals surface area contributed by atoms with Crippen LogP contribution in [0.25, 0.3) is 0 Å². The van der Waals surface area contributed by atoms with Crippen LogP contribution in [0.4, 0.5) is 11.4 Å². The molecule has 0 radical (unpaired) electrons. The topological polar surface area (TPSA) is 52.7 Å². The Bertz CT molecular complexity index is 913. The number of piperidine rings is 1. The van der Waals surface area contributed by atoms with Crippen LogP contribution in [-0.2, 0) is 6.42 Å². The van der Waals surface area contributed by atoms with E-state index in [0.29, 0.717) is 29.9 Å². The molecular weight excluding hydrogens is 410 g/mol. The van der Waals surface area contributed by atoms with Crippen LogP contribution in [0.2, 0.25) is 0 Å². The maximum atomic E-state index is 13.3. The minimum Gasteiger partial charge on any atom is -0.371 e. The molecule has 1 fully saturated rings. The number of unbranched alkanes of at least 4 members (excludes halogenated alkanes) is 2. The smallest absolute Gasteiger partial charge is 0.256 e. The van der Waals surface area contributed by atoms with Crippen molar-refractivity contribution in [2.45, 2.75) is 65.7 Å². The minimum absolute atomic E-state index is 0.0214. The molecule has 0 atom stereocenters. The number of nitrogens with zero attached hydrogens (tertiary/aromatic N) is 2. The van der Waals surface area contributed by atoms with Crippen molar-refractivity contribution in [3.05, 3.63) is 59.2 Å². The van der Waals surface area contributed by atoms with Crippen molar-refractivity contribution in [2.75, 3.05) is 36.4 Å². The Morgan fingerprint density at radius 1 is 0.909 bits per heavy atom. The van der Waals surface area contributed by atoms with E-state index in [0.717, 1.165) is 38.0 Å². The number of hydrogen-bond donors (Lipinski definition) is 1. The van der Waals surface area contributed by atoms with Crippen molar-refractivity contribution in [1.29, 1.82) is 0 Å². The van der Waals surface area contributed by atoms with E-state index in [2.05, 4.69) is 17.1 Å². The van der Waals surface area contributed by atoms with Crippen molar-refractivity contribution >= 4 is 23.2 Å². The van der Waals surface area contributed by atoms with Gasteiger partial charge in [-0.05, 0) is 81.8 Å². The molecule has 2 aromatic rings. The zero-order valence-corrected chi connectivity index (χ0v) is 20.5. The molecule has 1 N–H and O–H groups in total. The predicted molar refractivity (Wildman–Crippen MR) is 137 cm³/mol. The molecule has 1 saturated heterocycles. The number of anilines is 2. The van der Waals surface area contributed by atoms with Crippen LogP contribution in [0.15, 0.2) is 42.5 Å². The SMILES string of the molecule is CCCCCc1ccc(C(=O)Nc2ccc(N3CCCCC3)c(C(=O)N(CC)CC)c2)cc1. The molecule has 0 spiro atoms. The average molecular weight is 450 g/mol. The van der Waals surface area contributed by atoms with Gasteiger partial charge in [-0.1, -0.05) is 31.9 Å². The van der Waals surface area contributed by atoms with Crippen LogP contribution in [-0.4, -0.2) is 42.9 Å². The molecule has 5 heteroatoms. The molecule has 0 unspecified atom stereocenters. The summed E-state index contributed by atoms with van der Waals surface area (Å²) in [6.45, 7) is 9.46. The first-order valence-electron chi connectivity index (χ1n) is 12.7. The molecule has 0 aliphatic carbocycles. The van der Waals surface area contributed by atoms with Gasteiger partial charge < -0.3 is 15.1 Å². The first kappa shape index (κ1) is 24.8. The fraction of sp³-hybridized carbons (Fsp3) is 0.500. The molecule has 1 aliphatic rings. The molecule has 3 rings (SSSR count). The van der Waals surface area contributed by atoms with Gasteiger partial charge in [-0.15, -0.1) is 0 Å². The van der Waals surface area contributed by atoms with Gasteiger partial charge in [0.25, 0.3) is 11.8 Å². The molecule has 1 heterocycles. The highest BCUT2D eigenvalue weighted by Gasteiger charge is 2.22. The highest BCUT2D eigenvalue weighted by atomic mass is 16.2. The minimum atomic E-state index is -0.151. The molecule has 33 heavy (non-hydrogen) atoms. The Morgan fingerprint density at radius 3 is 2.24 bits per heavy atom. The van der Waals surface area contributed by atoms with E-state index in [1.807, 2.05) is 61.2 Å². The number of nitrogens with one attached hydrogen (secondary N) is 1. The zero-order valence-electron chi connectivity index (χ0n) is 20.5. The quantitative estimate of drug-likeness (QED) is 0.443. The van der Waals surface area contributed by atoms with Gasteiger partial charge in [0.1, 0.15) is 0 Å². The summed E-state index contributed by atoms with van der Waals surface area (Å²) >= 11 is 0. The lowest BCUT2D eigenvalue weighted by Crippen LogP contribution is -2.35. The van der Waals surface area contributed by atoms with E-state index in [-0.39, 0.29) is 11.8 Å². The van der Waals surface area contributed by atoms with E-state index in [1.165, 1.54) is 31.2 Å². The number of carbonyl (C=O) groups is 2. The number of rotatable bonds is 10. The standard InChI is InChI=1S/C28H39N3O2/c1-4-7-9-12-22-13-15-23(16-14-22)27(32)29-24-17-18-26(31-19-10-8-11-20-31)25(21-24)28(33)30(5-2)6-3/h13-18,21H,4-12,19-20H2,1-3H3,(H,29,32). The van der Waals surface area contributed by atoms with Gasteiger partial charge in [-0.25, -0.2) is 0 Å². The van der Waals surface area contributed by atoms with Crippen LogP contribution in [0.1, 0.15) is 85.6 Å². The summed E-state index contributed by atoms with van der Waals surface area (Å²) in [6, 6.07) is 13.6. The lowest BCUT2D eigenvalue weighted by atomic mass is 10.0. The molecule has 2 amide bonds. The van der Waals surface area contributed by atoms with Crippen LogP contribution in [0.5, 0.6) is 0 Å². The van der Waals surface area contributed by atoms with Crippen LogP contribution in [0.3, 0.4) is 0 Å². The van der Waals surface area contributed by atoms with Gasteiger partial charge >= 0.3 is 0 Å². The van der Waals surface area contributed by atoms with Crippen LogP contribution < -0.4 is 10.2 Å². The lowest BCUT2D eigenvalue weighted by Gasteiger charge is -2.31. The van der Waals surface area contributed by atoms with Gasteiger partial charge in [0.05, 0.1) is 5.56 Å². The monoisotopic (exact) mass is 449 g/mol. The largest absolute Gasteiger partial charge is 0.371 e. The second-order valence-electron chi connectivity index (χ2n) is 8.87. The third-order valence-corrected chi connectivity index (χ3v) is 6.52. The summed E-state index contributed by atoms with van der Waals surface area (Å²) < 4.78 is 0. The normalized spacial score (nSPS) is 13.6. The Hall–Kier alpha value is -2.82. The first-order valence-corrected chi connectivity index (χ1v) is 12.7. The lowest BCUT2D eigenvalue weighted by molar-refractivity contribution is 0.0773. The maximum Gasteiger partial charge on any atom is 0.256 e. The van der Waals surface area contributed by atoms with Gasteiger partial charge in [0.15, 0.2) is 0 Å². The summed E-state index contributed by atoms with van der Waals surface area (Å²) in [5.41, 5.74) is 4.19. The fourth-order valence-corrected chi connectivity index (χ4v) is 4.48. The molecular formula is C28H39N3O2. The highest BCUT2D eigenvalue weighted by Crippen LogP contribution is 2.28. The van der Waals surface area contributed by atoms with Gasteiger partial charge in [0, 0.05) is 43.1 Å². The van der Waals surface area contributed by atoms with Crippen molar-refractivity contribution in [3.8, 4) is 0 Å². The second kappa shape index (κ2) is 12.4. The first-order chi connectivity index (χ1) is 16.1. The Morgan fingerprint density at radius 2 is 1.61 bits per heavy atom. The van der Waals surface area contributed by atoms with Crippen molar-refractivity contribution in [3.63, 3.8) is 0 Å². The summed E-state index contributed by atoms with van der Waals surface area (Å²) in [4.78, 5) is 30.3. The van der Waals surface area contributed by atoms with Crippen molar-refractivity contribution < 1.29 is 9.59 Å². The predicted octanol–water partition coefficient (Wildman–Crippen LogP) is 6.14. The van der Waals surface area contributed by atoms with Crippen molar-refractivity contribution in [2.24, 2.45) is 0 Å². The molecule has 0 bridgehead atoms. The number of benzene rings is 2. The van der Waals surface area contributed by atoms with E-state index in [1.54, 1.807) is 0 Å². The number of carbonyl (C=O) groups excluding carboxylic acids is 2. The number of hydrogen-bond acceptors (Lipinski definition) is 3. The Labute approximate surface area is 199 Å². The highest BCUT2D eigenvalue weighted by molar-refractivity contribution is 6.06. The number of amides is 2.